The van der Waals surface area contributed by atoms with Gasteiger partial charge in [-0.15, -0.1) is 0 Å². The molecule has 1 amide bonds. The van der Waals surface area contributed by atoms with Crippen LogP contribution in [-0.2, 0) is 14.3 Å². The molecule has 6 heteroatoms. The molecule has 2 aliphatic rings. The largest absolute Gasteiger partial charge is 0.872 e. The molecule has 1 unspecified atom stereocenters. The predicted molar refractivity (Wildman–Crippen MR) is 120 cm³/mol. The first kappa shape index (κ1) is 22.2. The van der Waals surface area contributed by atoms with Crippen LogP contribution in [0, 0.1) is 0 Å². The maximum Gasteiger partial charge on any atom is 0.295 e. The number of carbonyl (C=O) groups excluding carboxylic acids is 2. The lowest BCUT2D eigenvalue weighted by Crippen LogP contribution is -3.14. The van der Waals surface area contributed by atoms with Crippen molar-refractivity contribution in [1.82, 2.24) is 4.90 Å². The molecule has 0 spiro atoms. The molecule has 0 bridgehead atoms. The van der Waals surface area contributed by atoms with Crippen LogP contribution in [0.15, 0.2) is 60.2 Å². The molecule has 0 radical (unpaired) electrons. The SMILES string of the molecule is CC(C)c1ccc(C2C(=C([O-])c3ccccc3)C(=O)C(=O)N2CC[NH+]2CCOCC2)cc1. The zero-order chi connectivity index (χ0) is 22.7. The van der Waals surface area contributed by atoms with Gasteiger partial charge in [0.25, 0.3) is 5.91 Å². The molecule has 4 rings (SSSR count). The second-order valence-corrected chi connectivity index (χ2v) is 8.77. The molecule has 168 valence electrons. The number of morpholine rings is 1. The van der Waals surface area contributed by atoms with E-state index >= 15 is 0 Å². The number of rotatable bonds is 6. The molecule has 0 saturated carbocycles. The van der Waals surface area contributed by atoms with E-state index in [-0.39, 0.29) is 11.3 Å². The zero-order valence-electron chi connectivity index (χ0n) is 18.7. The Hall–Kier alpha value is -2.96. The molecular weight excluding hydrogens is 404 g/mol. The molecule has 0 aliphatic carbocycles. The Labute approximate surface area is 189 Å². The van der Waals surface area contributed by atoms with Crippen LogP contribution < -0.4 is 10.0 Å². The summed E-state index contributed by atoms with van der Waals surface area (Å²) < 4.78 is 5.42. The van der Waals surface area contributed by atoms with Gasteiger partial charge in [0.05, 0.1) is 32.3 Å². The fourth-order valence-corrected chi connectivity index (χ4v) is 4.44. The van der Waals surface area contributed by atoms with E-state index in [1.165, 1.54) is 10.5 Å². The molecule has 6 nitrogen and oxygen atoms in total. The molecule has 2 aromatic rings. The summed E-state index contributed by atoms with van der Waals surface area (Å²) >= 11 is 0. The number of benzene rings is 2. The summed E-state index contributed by atoms with van der Waals surface area (Å²) in [5.41, 5.74) is 2.44. The van der Waals surface area contributed by atoms with E-state index in [0.29, 0.717) is 31.2 Å². The Kier molecular flexibility index (Phi) is 6.72. The van der Waals surface area contributed by atoms with Gasteiger partial charge < -0.3 is 19.6 Å². The smallest absolute Gasteiger partial charge is 0.295 e. The number of nitrogens with one attached hydrogen (secondary N) is 1. The van der Waals surface area contributed by atoms with Crippen molar-refractivity contribution >= 4 is 17.4 Å². The van der Waals surface area contributed by atoms with Gasteiger partial charge in [0, 0.05) is 5.57 Å². The third-order valence-electron chi connectivity index (χ3n) is 6.39. The fraction of sp³-hybridized carbons (Fsp3) is 0.385. The summed E-state index contributed by atoms with van der Waals surface area (Å²) in [6.07, 6.45) is 0. The lowest BCUT2D eigenvalue weighted by molar-refractivity contribution is -0.907. The number of hydrogen-bond acceptors (Lipinski definition) is 4. The maximum atomic E-state index is 13.4. The molecule has 32 heavy (non-hydrogen) atoms. The quantitative estimate of drug-likeness (QED) is 0.417. The number of ether oxygens (including phenoxy) is 1. The summed E-state index contributed by atoms with van der Waals surface area (Å²) in [6.45, 7) is 8.53. The van der Waals surface area contributed by atoms with Gasteiger partial charge in [-0.3, -0.25) is 9.59 Å². The lowest BCUT2D eigenvalue weighted by atomic mass is 9.93. The highest BCUT2D eigenvalue weighted by Crippen LogP contribution is 2.38. The number of Topliss-reactive ketones (excluding diaryl/α,β-unsaturated/α-hetero) is 1. The van der Waals surface area contributed by atoms with Crippen molar-refractivity contribution in [3.05, 3.63) is 76.9 Å². The van der Waals surface area contributed by atoms with Gasteiger partial charge in [-0.1, -0.05) is 74.2 Å². The molecule has 2 fully saturated rings. The van der Waals surface area contributed by atoms with Gasteiger partial charge in [0.15, 0.2) is 0 Å². The van der Waals surface area contributed by atoms with E-state index in [9.17, 15) is 14.7 Å². The molecular formula is C26H30N2O4. The second kappa shape index (κ2) is 9.67. The van der Waals surface area contributed by atoms with Crippen LogP contribution in [0.25, 0.3) is 5.76 Å². The van der Waals surface area contributed by atoms with E-state index in [4.69, 9.17) is 4.74 Å². The van der Waals surface area contributed by atoms with Crippen LogP contribution in [0.5, 0.6) is 0 Å². The van der Waals surface area contributed by atoms with E-state index in [1.54, 1.807) is 29.2 Å². The number of hydrogen-bond donors (Lipinski definition) is 1. The molecule has 1 N–H and O–H groups in total. The molecule has 2 saturated heterocycles. The van der Waals surface area contributed by atoms with Crippen LogP contribution in [0.1, 0.15) is 42.5 Å². The topological polar surface area (TPSA) is 74.1 Å². The Balaban J connectivity index is 1.72. The van der Waals surface area contributed by atoms with Crippen molar-refractivity contribution in [2.24, 2.45) is 0 Å². The average Bonchev–Trinajstić information content (AvgIpc) is 3.08. The normalized spacial score (nSPS) is 21.5. The number of quaternary nitrogens is 1. The van der Waals surface area contributed by atoms with E-state index in [0.717, 1.165) is 25.2 Å². The highest BCUT2D eigenvalue weighted by Gasteiger charge is 2.44. The van der Waals surface area contributed by atoms with Crippen molar-refractivity contribution in [3.8, 4) is 0 Å². The summed E-state index contributed by atoms with van der Waals surface area (Å²) in [5, 5.41) is 13.4. The van der Waals surface area contributed by atoms with E-state index < -0.39 is 17.7 Å². The summed E-state index contributed by atoms with van der Waals surface area (Å²) in [6, 6.07) is 16.0. The molecule has 2 heterocycles. The molecule has 2 aromatic carbocycles. The van der Waals surface area contributed by atoms with E-state index in [1.807, 2.05) is 30.3 Å². The Morgan fingerprint density at radius 2 is 1.72 bits per heavy atom. The number of nitrogens with zero attached hydrogens (tertiary/aromatic N) is 1. The number of likely N-dealkylation sites (tertiary alicyclic amines) is 1. The van der Waals surface area contributed by atoms with Crippen LogP contribution in [0.4, 0.5) is 0 Å². The van der Waals surface area contributed by atoms with Gasteiger partial charge in [-0.05, 0) is 22.6 Å². The summed E-state index contributed by atoms with van der Waals surface area (Å²) in [5.74, 6) is -1.28. The highest BCUT2D eigenvalue weighted by atomic mass is 16.5. The summed E-state index contributed by atoms with van der Waals surface area (Å²) in [4.78, 5) is 29.0. The third kappa shape index (κ3) is 4.47. The number of carbonyl (C=O) groups is 2. The fourth-order valence-electron chi connectivity index (χ4n) is 4.44. The molecule has 2 aliphatic heterocycles. The Bertz CT molecular complexity index is 992. The average molecular weight is 435 g/mol. The first-order valence-electron chi connectivity index (χ1n) is 11.3. The summed E-state index contributed by atoms with van der Waals surface area (Å²) in [7, 11) is 0. The third-order valence-corrected chi connectivity index (χ3v) is 6.39. The van der Waals surface area contributed by atoms with Gasteiger partial charge in [0.1, 0.15) is 13.1 Å². The minimum atomic E-state index is -0.686. The Morgan fingerprint density at radius 1 is 1.06 bits per heavy atom. The Morgan fingerprint density at radius 3 is 2.34 bits per heavy atom. The van der Waals surface area contributed by atoms with Crippen LogP contribution in [-0.4, -0.2) is 56.0 Å². The van der Waals surface area contributed by atoms with Crippen molar-refractivity contribution in [2.75, 3.05) is 39.4 Å². The highest BCUT2D eigenvalue weighted by molar-refractivity contribution is 6.46. The minimum Gasteiger partial charge on any atom is -0.872 e. The molecule has 0 aromatic heterocycles. The molecule has 1 atom stereocenters. The van der Waals surface area contributed by atoms with Gasteiger partial charge in [0.2, 0.25) is 5.78 Å². The number of ketones is 1. The van der Waals surface area contributed by atoms with Crippen molar-refractivity contribution in [3.63, 3.8) is 0 Å². The maximum absolute atomic E-state index is 13.4. The first-order chi connectivity index (χ1) is 15.5. The standard InChI is InChI=1S/C26H30N2O4/c1-18(2)19-8-10-20(11-9-19)23-22(24(29)21-6-4-3-5-7-21)25(30)26(31)28(23)13-12-27-14-16-32-17-15-27/h3-11,18,23,29H,12-17H2,1-2H3. The lowest BCUT2D eigenvalue weighted by Gasteiger charge is -2.30. The van der Waals surface area contributed by atoms with Crippen molar-refractivity contribution in [2.45, 2.75) is 25.8 Å². The zero-order valence-corrected chi connectivity index (χ0v) is 18.7. The van der Waals surface area contributed by atoms with Gasteiger partial charge >= 0.3 is 0 Å². The van der Waals surface area contributed by atoms with Crippen molar-refractivity contribution < 1.29 is 24.3 Å². The number of amides is 1. The van der Waals surface area contributed by atoms with Crippen LogP contribution in [0.3, 0.4) is 0 Å². The van der Waals surface area contributed by atoms with Crippen molar-refractivity contribution in [1.29, 1.82) is 0 Å². The van der Waals surface area contributed by atoms with E-state index in [2.05, 4.69) is 13.8 Å². The second-order valence-electron chi connectivity index (χ2n) is 8.77. The van der Waals surface area contributed by atoms with Crippen LogP contribution >= 0.6 is 0 Å². The minimum absolute atomic E-state index is 0.0514. The monoisotopic (exact) mass is 434 g/mol. The van der Waals surface area contributed by atoms with Crippen LogP contribution in [0.2, 0.25) is 0 Å². The predicted octanol–water partition coefficient (Wildman–Crippen LogP) is 0.949. The van der Waals surface area contributed by atoms with Gasteiger partial charge in [-0.2, -0.15) is 0 Å². The first-order valence-corrected chi connectivity index (χ1v) is 11.3. The van der Waals surface area contributed by atoms with Gasteiger partial charge in [-0.25, -0.2) is 0 Å².